The van der Waals surface area contributed by atoms with E-state index < -0.39 is 17.2 Å². The van der Waals surface area contributed by atoms with E-state index in [-0.39, 0.29) is 11.8 Å². The minimum atomic E-state index is -0.901. The first-order valence-electron chi connectivity index (χ1n) is 4.32. The first-order valence-corrected chi connectivity index (χ1v) is 4.32. The second-order valence-corrected chi connectivity index (χ2v) is 2.81. The zero-order valence-electron chi connectivity index (χ0n) is 7.89. The van der Waals surface area contributed by atoms with Crippen LogP contribution >= 0.6 is 0 Å². The lowest BCUT2D eigenvalue weighted by atomic mass is 10.1. The summed E-state index contributed by atoms with van der Waals surface area (Å²) in [7, 11) is 0. The van der Waals surface area contributed by atoms with Crippen molar-refractivity contribution >= 4 is 6.29 Å². The van der Waals surface area contributed by atoms with Gasteiger partial charge in [0, 0.05) is 18.5 Å². The molecule has 1 aromatic carbocycles. The van der Waals surface area contributed by atoms with Gasteiger partial charge in [0.25, 0.3) is 0 Å². The molecule has 0 bridgehead atoms. The fraction of sp³-hybridized carbons (Fsp3) is 0.182. The topological polar surface area (TPSA) is 43.1 Å². The molecule has 78 valence electrons. The molecule has 0 aliphatic heterocycles. The third kappa shape index (κ3) is 2.86. The van der Waals surface area contributed by atoms with E-state index in [9.17, 15) is 13.6 Å². The smallest absolute Gasteiger partial charge is 0.155 e. The first kappa shape index (κ1) is 11.3. The molecule has 0 amide bonds. The molecule has 0 saturated carbocycles. The van der Waals surface area contributed by atoms with E-state index in [1.807, 2.05) is 0 Å². The zero-order valence-corrected chi connectivity index (χ0v) is 7.89. The summed E-state index contributed by atoms with van der Waals surface area (Å²) < 4.78 is 26.1. The van der Waals surface area contributed by atoms with Crippen molar-refractivity contribution in [3.8, 4) is 11.8 Å². The van der Waals surface area contributed by atoms with Crippen molar-refractivity contribution in [2.75, 3.05) is 6.54 Å². The van der Waals surface area contributed by atoms with Crippen molar-refractivity contribution in [1.29, 1.82) is 0 Å². The van der Waals surface area contributed by atoms with E-state index in [0.29, 0.717) is 13.0 Å². The Bertz CT molecular complexity index is 409. The maximum atomic E-state index is 13.1. The summed E-state index contributed by atoms with van der Waals surface area (Å²) >= 11 is 0. The Morgan fingerprint density at radius 1 is 1.33 bits per heavy atom. The lowest BCUT2D eigenvalue weighted by Crippen LogP contribution is -1.96. The second-order valence-electron chi connectivity index (χ2n) is 2.81. The molecule has 15 heavy (non-hydrogen) atoms. The summed E-state index contributed by atoms with van der Waals surface area (Å²) in [5.74, 6) is 3.40. The largest absolute Gasteiger partial charge is 0.330 e. The molecule has 2 nitrogen and oxygen atoms in total. The number of hydrogen-bond acceptors (Lipinski definition) is 2. The van der Waals surface area contributed by atoms with Crippen LogP contribution in [0.3, 0.4) is 0 Å². The fourth-order valence-corrected chi connectivity index (χ4v) is 1.01. The molecule has 0 aliphatic carbocycles. The van der Waals surface area contributed by atoms with Gasteiger partial charge in [-0.15, -0.1) is 0 Å². The van der Waals surface area contributed by atoms with Gasteiger partial charge in [-0.2, -0.15) is 0 Å². The number of rotatable bonds is 2. The van der Waals surface area contributed by atoms with Gasteiger partial charge in [-0.1, -0.05) is 11.8 Å². The van der Waals surface area contributed by atoms with Crippen LogP contribution in [0, 0.1) is 23.5 Å². The van der Waals surface area contributed by atoms with Crippen LogP contribution < -0.4 is 5.73 Å². The summed E-state index contributed by atoms with van der Waals surface area (Å²) in [6, 6.07) is 2.05. The summed E-state index contributed by atoms with van der Waals surface area (Å²) in [4.78, 5) is 10.3. The molecule has 0 aliphatic rings. The molecule has 0 heterocycles. The van der Waals surface area contributed by atoms with Crippen molar-refractivity contribution in [2.24, 2.45) is 5.73 Å². The van der Waals surface area contributed by atoms with Gasteiger partial charge in [0.15, 0.2) is 6.29 Å². The van der Waals surface area contributed by atoms with Gasteiger partial charge in [0.2, 0.25) is 0 Å². The van der Waals surface area contributed by atoms with E-state index >= 15 is 0 Å². The Morgan fingerprint density at radius 2 is 1.93 bits per heavy atom. The summed E-state index contributed by atoms with van der Waals surface area (Å²) in [5.41, 5.74) is 4.83. The molecule has 0 unspecified atom stereocenters. The number of carbonyl (C=O) groups excluding carboxylic acids is 1. The minimum Gasteiger partial charge on any atom is -0.330 e. The summed E-state index contributed by atoms with van der Waals surface area (Å²) in [6.45, 7) is 0.393. The van der Waals surface area contributed by atoms with Crippen LogP contribution in [-0.4, -0.2) is 12.8 Å². The Balaban J connectivity index is 3.05. The zero-order chi connectivity index (χ0) is 11.3. The predicted octanol–water partition coefficient (Wildman–Crippen LogP) is 1.48. The SMILES string of the molecule is NCCC#Cc1cc(F)c(C=O)c(F)c1. The van der Waals surface area contributed by atoms with E-state index in [0.717, 1.165) is 12.1 Å². The molecule has 0 atom stereocenters. The highest BCUT2D eigenvalue weighted by atomic mass is 19.1. The number of carbonyl (C=O) groups is 1. The quantitative estimate of drug-likeness (QED) is 0.592. The second kappa shape index (κ2) is 5.23. The molecule has 0 spiro atoms. The Morgan fingerprint density at radius 3 is 2.40 bits per heavy atom. The average molecular weight is 209 g/mol. The number of aldehydes is 1. The molecule has 1 rings (SSSR count). The summed E-state index contributed by atoms with van der Waals surface area (Å²) in [5, 5.41) is 0. The Kier molecular flexibility index (Phi) is 3.95. The van der Waals surface area contributed by atoms with Crippen molar-refractivity contribution in [3.63, 3.8) is 0 Å². The summed E-state index contributed by atoms with van der Waals surface area (Å²) in [6.07, 6.45) is 0.598. The van der Waals surface area contributed by atoms with Crippen molar-refractivity contribution in [3.05, 3.63) is 34.9 Å². The third-order valence-electron chi connectivity index (χ3n) is 1.70. The van der Waals surface area contributed by atoms with Gasteiger partial charge in [-0.3, -0.25) is 4.79 Å². The Labute approximate surface area is 86.1 Å². The van der Waals surface area contributed by atoms with E-state index in [1.165, 1.54) is 0 Å². The maximum Gasteiger partial charge on any atom is 0.155 e. The molecule has 0 fully saturated rings. The van der Waals surface area contributed by atoms with Crippen LogP contribution in [0.1, 0.15) is 22.3 Å². The molecular formula is C11H9F2NO. The monoisotopic (exact) mass is 209 g/mol. The lowest BCUT2D eigenvalue weighted by Gasteiger charge is -1.97. The number of nitrogens with two attached hydrogens (primary N) is 1. The van der Waals surface area contributed by atoms with Crippen molar-refractivity contribution in [2.45, 2.75) is 6.42 Å². The number of hydrogen-bond donors (Lipinski definition) is 1. The van der Waals surface area contributed by atoms with Crippen molar-refractivity contribution < 1.29 is 13.6 Å². The fourth-order valence-electron chi connectivity index (χ4n) is 1.01. The van der Waals surface area contributed by atoms with Gasteiger partial charge >= 0.3 is 0 Å². The molecular weight excluding hydrogens is 200 g/mol. The highest BCUT2D eigenvalue weighted by Gasteiger charge is 2.08. The standard InChI is InChI=1S/C11H9F2NO/c12-10-5-8(3-1-2-4-14)6-11(13)9(10)7-15/h5-7H,2,4,14H2. The van der Waals surface area contributed by atoms with E-state index in [1.54, 1.807) is 0 Å². The highest BCUT2D eigenvalue weighted by Crippen LogP contribution is 2.12. The molecule has 4 heteroatoms. The Hall–Kier alpha value is -1.73. The van der Waals surface area contributed by atoms with Gasteiger partial charge in [0.05, 0.1) is 5.56 Å². The average Bonchev–Trinajstić information content (AvgIpc) is 2.18. The minimum absolute atomic E-state index is 0.141. The van der Waals surface area contributed by atoms with Gasteiger partial charge in [-0.25, -0.2) is 8.78 Å². The normalized spacial score (nSPS) is 9.27. The number of benzene rings is 1. The third-order valence-corrected chi connectivity index (χ3v) is 1.70. The molecule has 0 aromatic heterocycles. The van der Waals surface area contributed by atoms with Crippen LogP contribution in [0.2, 0.25) is 0 Å². The molecule has 0 radical (unpaired) electrons. The number of halogens is 2. The predicted molar refractivity (Wildman–Crippen MR) is 52.3 cm³/mol. The van der Waals surface area contributed by atoms with Gasteiger partial charge in [-0.05, 0) is 12.1 Å². The van der Waals surface area contributed by atoms with Crippen LogP contribution in [0.5, 0.6) is 0 Å². The van der Waals surface area contributed by atoms with Crippen LogP contribution in [0.4, 0.5) is 8.78 Å². The van der Waals surface area contributed by atoms with Gasteiger partial charge in [0.1, 0.15) is 11.6 Å². The highest BCUT2D eigenvalue weighted by molar-refractivity contribution is 5.76. The maximum absolute atomic E-state index is 13.1. The first-order chi connectivity index (χ1) is 7.19. The van der Waals surface area contributed by atoms with Crippen LogP contribution in [0.25, 0.3) is 0 Å². The molecule has 1 aromatic rings. The van der Waals surface area contributed by atoms with Crippen LogP contribution in [0.15, 0.2) is 12.1 Å². The van der Waals surface area contributed by atoms with Crippen LogP contribution in [-0.2, 0) is 0 Å². The van der Waals surface area contributed by atoms with E-state index in [2.05, 4.69) is 11.8 Å². The van der Waals surface area contributed by atoms with Crippen molar-refractivity contribution in [1.82, 2.24) is 0 Å². The van der Waals surface area contributed by atoms with E-state index in [4.69, 9.17) is 5.73 Å². The lowest BCUT2D eigenvalue weighted by molar-refractivity contribution is 0.111. The molecule has 0 saturated heterocycles. The van der Waals surface area contributed by atoms with Gasteiger partial charge < -0.3 is 5.73 Å². The molecule has 2 N–H and O–H groups in total.